The van der Waals surface area contributed by atoms with E-state index in [4.69, 9.17) is 0 Å². The molecule has 2 aromatic rings. The summed E-state index contributed by atoms with van der Waals surface area (Å²) in [5, 5.41) is 12.7. The summed E-state index contributed by atoms with van der Waals surface area (Å²) in [7, 11) is -9.75. The van der Waals surface area contributed by atoms with Gasteiger partial charge in [-0.25, -0.2) is 0 Å². The van der Waals surface area contributed by atoms with E-state index in [2.05, 4.69) is 22.3 Å². The maximum Gasteiger partial charge on any atom is 0.310 e. The van der Waals surface area contributed by atoms with Crippen LogP contribution < -0.4 is 5.32 Å². The molecule has 10 heteroatoms. The van der Waals surface area contributed by atoms with Crippen molar-refractivity contribution in [2.24, 2.45) is 0 Å². The van der Waals surface area contributed by atoms with Gasteiger partial charge >= 0.3 is 10.2 Å². The minimum absolute atomic E-state index is 0.105. The van der Waals surface area contributed by atoms with Crippen LogP contribution in [0.5, 0.6) is 0 Å². The van der Waals surface area contributed by atoms with Gasteiger partial charge in [0, 0.05) is 31.7 Å². The first kappa shape index (κ1) is 22.5. The molecule has 4 nitrogen and oxygen atoms in total. The smallest absolute Gasteiger partial charge is 0.310 e. The van der Waals surface area contributed by atoms with Crippen molar-refractivity contribution in [1.29, 1.82) is 0 Å². The molecular formula is C20H23F5N2O2S. The first-order valence-electron chi connectivity index (χ1n) is 9.41. The van der Waals surface area contributed by atoms with Gasteiger partial charge in [-0.05, 0) is 48.2 Å². The van der Waals surface area contributed by atoms with E-state index in [-0.39, 0.29) is 30.7 Å². The highest BCUT2D eigenvalue weighted by molar-refractivity contribution is 8.45. The number of β-amino-alcohol motifs (C(OH)–C–C–N with tert-alkyl or cyclic N) is 1. The third kappa shape index (κ3) is 5.93. The largest absolute Gasteiger partial charge is 0.392 e. The maximum absolute atomic E-state index is 12.7. The van der Waals surface area contributed by atoms with Gasteiger partial charge in [-0.3, -0.25) is 9.69 Å². The number of carbonyl (C=O) groups is 1. The number of hydrogen-bond acceptors (Lipinski definition) is 3. The standard InChI is InChI=1S/C20H23F5N2O2S/c21-30(22,23,24,25)19-7-5-16(6-8-19)20(29)26-11-9-18(28)14-27-12-10-15-3-1-2-4-17(15)13-27/h1-8,18,28H,9-14H2,(H,26,29). The predicted octanol–water partition coefficient (Wildman–Crippen LogP) is 4.88. The van der Waals surface area contributed by atoms with Crippen molar-refractivity contribution in [3.63, 3.8) is 0 Å². The Labute approximate surface area is 171 Å². The van der Waals surface area contributed by atoms with E-state index in [1.54, 1.807) is 0 Å². The fourth-order valence-electron chi connectivity index (χ4n) is 3.42. The van der Waals surface area contributed by atoms with Crippen LogP contribution in [-0.4, -0.2) is 41.7 Å². The second-order valence-electron chi connectivity index (χ2n) is 7.45. The van der Waals surface area contributed by atoms with Crippen molar-refractivity contribution >= 4 is 16.1 Å². The molecule has 1 unspecified atom stereocenters. The first-order valence-corrected chi connectivity index (χ1v) is 11.4. The molecule has 0 bridgehead atoms. The SMILES string of the molecule is O=C(NCCC(O)CN1CCc2ccccc2C1)c1ccc(S(F)(F)(F)(F)F)cc1. The predicted molar refractivity (Wildman–Crippen MR) is 106 cm³/mol. The molecule has 3 rings (SSSR count). The molecule has 2 N–H and O–H groups in total. The Kier molecular flexibility index (Phi) is 5.63. The fourth-order valence-corrected chi connectivity index (χ4v) is 4.07. The maximum atomic E-state index is 12.7. The van der Waals surface area contributed by atoms with E-state index in [0.29, 0.717) is 18.7 Å². The molecule has 30 heavy (non-hydrogen) atoms. The second-order valence-corrected chi connectivity index (χ2v) is 9.85. The van der Waals surface area contributed by atoms with Crippen LogP contribution in [0.15, 0.2) is 53.4 Å². The summed E-state index contributed by atoms with van der Waals surface area (Å²) in [6, 6.07) is 9.94. The number of amides is 1. The average Bonchev–Trinajstić information content (AvgIpc) is 2.66. The zero-order valence-electron chi connectivity index (χ0n) is 16.0. The minimum atomic E-state index is -9.75. The topological polar surface area (TPSA) is 52.6 Å². The average molecular weight is 450 g/mol. The van der Waals surface area contributed by atoms with Gasteiger partial charge in [0.05, 0.1) is 6.10 Å². The lowest BCUT2D eigenvalue weighted by Gasteiger charge is -2.40. The van der Waals surface area contributed by atoms with Gasteiger partial charge in [-0.2, -0.15) is 0 Å². The molecule has 0 saturated carbocycles. The highest BCUT2D eigenvalue weighted by Gasteiger charge is 2.65. The summed E-state index contributed by atoms with van der Waals surface area (Å²) in [5.41, 5.74) is 2.36. The van der Waals surface area contributed by atoms with Gasteiger partial charge in [0.1, 0.15) is 4.90 Å². The molecule has 1 atom stereocenters. The summed E-state index contributed by atoms with van der Waals surface area (Å²) in [6.45, 7) is 2.09. The monoisotopic (exact) mass is 450 g/mol. The lowest BCUT2D eigenvalue weighted by atomic mass is 9.99. The second kappa shape index (κ2) is 7.51. The summed E-state index contributed by atoms with van der Waals surface area (Å²) < 4.78 is 63.6. The van der Waals surface area contributed by atoms with Crippen LogP contribution in [-0.2, 0) is 13.0 Å². The molecular weight excluding hydrogens is 427 g/mol. The number of carbonyl (C=O) groups excluding carboxylic acids is 1. The Bertz CT molecular complexity index is 920. The lowest BCUT2D eigenvalue weighted by Crippen LogP contribution is -2.38. The van der Waals surface area contributed by atoms with Gasteiger partial charge in [0.25, 0.3) is 5.91 Å². The van der Waals surface area contributed by atoms with Crippen molar-refractivity contribution in [3.8, 4) is 0 Å². The first-order chi connectivity index (χ1) is 13.8. The van der Waals surface area contributed by atoms with Crippen LogP contribution in [0.3, 0.4) is 0 Å². The lowest BCUT2D eigenvalue weighted by molar-refractivity contribution is 0.0892. The summed E-state index contributed by atoms with van der Waals surface area (Å²) in [4.78, 5) is 12.1. The number of benzene rings is 2. The molecule has 1 heterocycles. The number of aliphatic hydroxyl groups excluding tert-OH is 1. The van der Waals surface area contributed by atoms with Crippen LogP contribution >= 0.6 is 10.2 Å². The van der Waals surface area contributed by atoms with E-state index >= 15 is 0 Å². The Hall–Kier alpha value is -2.17. The molecule has 0 radical (unpaired) electrons. The molecule has 1 aliphatic heterocycles. The van der Waals surface area contributed by atoms with Crippen LogP contribution in [0.2, 0.25) is 0 Å². The highest BCUT2D eigenvalue weighted by Crippen LogP contribution is 3.02. The fraction of sp³-hybridized carbons (Fsp3) is 0.350. The van der Waals surface area contributed by atoms with Crippen molar-refractivity contribution in [2.75, 3.05) is 19.6 Å². The van der Waals surface area contributed by atoms with Crippen LogP contribution in [0.25, 0.3) is 0 Å². The van der Waals surface area contributed by atoms with Crippen molar-refractivity contribution in [2.45, 2.75) is 30.4 Å². The zero-order chi connectivity index (χ0) is 22.1. The number of nitrogens with zero attached hydrogens (tertiary/aromatic N) is 1. The zero-order valence-corrected chi connectivity index (χ0v) is 16.9. The van der Waals surface area contributed by atoms with E-state index in [1.165, 1.54) is 11.1 Å². The molecule has 0 aliphatic carbocycles. The van der Waals surface area contributed by atoms with Gasteiger partial charge in [0.15, 0.2) is 0 Å². The van der Waals surface area contributed by atoms with E-state index < -0.39 is 27.1 Å². The molecule has 1 aliphatic rings. The normalized spacial score (nSPS) is 18.1. The van der Waals surface area contributed by atoms with Gasteiger partial charge in [0.2, 0.25) is 0 Å². The summed E-state index contributed by atoms with van der Waals surface area (Å²) >= 11 is 0. The minimum Gasteiger partial charge on any atom is -0.392 e. The number of hydrogen-bond donors (Lipinski definition) is 2. The third-order valence-electron chi connectivity index (χ3n) is 5.00. The number of halogens is 5. The summed E-state index contributed by atoms with van der Waals surface area (Å²) in [6.07, 6.45) is 0.466. The van der Waals surface area contributed by atoms with Crippen molar-refractivity contribution in [3.05, 3.63) is 65.2 Å². The number of nitrogens with one attached hydrogen (secondary N) is 1. The molecule has 0 spiro atoms. The number of rotatable bonds is 7. The number of aliphatic hydroxyl groups is 1. The molecule has 2 aromatic carbocycles. The molecule has 0 saturated heterocycles. The van der Waals surface area contributed by atoms with Crippen LogP contribution in [0, 0.1) is 0 Å². The van der Waals surface area contributed by atoms with E-state index in [9.17, 15) is 29.3 Å². The number of fused-ring (bicyclic) bond motifs is 1. The molecule has 1 amide bonds. The molecule has 0 aromatic heterocycles. The summed E-state index contributed by atoms with van der Waals surface area (Å²) in [5.74, 6) is -0.692. The Morgan fingerprint density at radius 2 is 1.67 bits per heavy atom. The Morgan fingerprint density at radius 3 is 2.30 bits per heavy atom. The van der Waals surface area contributed by atoms with Crippen LogP contribution in [0.4, 0.5) is 19.4 Å². The van der Waals surface area contributed by atoms with Crippen molar-refractivity contribution in [1.82, 2.24) is 10.2 Å². The van der Waals surface area contributed by atoms with Crippen molar-refractivity contribution < 1.29 is 29.3 Å². The Balaban J connectivity index is 1.45. The molecule has 166 valence electrons. The van der Waals surface area contributed by atoms with Gasteiger partial charge in [-0.15, -0.1) is 0 Å². The Morgan fingerprint density at radius 1 is 1.03 bits per heavy atom. The third-order valence-corrected chi connectivity index (χ3v) is 6.17. The van der Waals surface area contributed by atoms with Crippen LogP contribution in [0.1, 0.15) is 27.9 Å². The quantitative estimate of drug-likeness (QED) is 0.591. The van der Waals surface area contributed by atoms with Gasteiger partial charge in [-0.1, -0.05) is 43.7 Å². The van der Waals surface area contributed by atoms with E-state index in [1.807, 2.05) is 12.1 Å². The van der Waals surface area contributed by atoms with E-state index in [0.717, 1.165) is 19.5 Å². The highest BCUT2D eigenvalue weighted by atomic mass is 32.5. The van der Waals surface area contributed by atoms with Gasteiger partial charge < -0.3 is 10.4 Å². The molecule has 0 fully saturated rings.